The molecule has 0 radical (unpaired) electrons. The van der Waals surface area contributed by atoms with Crippen LogP contribution in [0.4, 0.5) is 0 Å². The summed E-state index contributed by atoms with van der Waals surface area (Å²) >= 11 is 0. The monoisotopic (exact) mass is 1540 g/mol. The molecule has 24 N–H and O–H groups in total. The summed E-state index contributed by atoms with van der Waals surface area (Å²) in [5, 5.41) is 293. The molecule has 0 amide bonds. The Hall–Kier alpha value is -12.8. The van der Waals surface area contributed by atoms with E-state index in [1.165, 1.54) is 0 Å². The van der Waals surface area contributed by atoms with E-state index in [0.717, 1.165) is 97.1 Å². The van der Waals surface area contributed by atoms with E-state index in [4.69, 9.17) is 123 Å². The molecule has 40 nitrogen and oxygen atoms in total. The van der Waals surface area contributed by atoms with Gasteiger partial charge < -0.3 is 163 Å². The summed E-state index contributed by atoms with van der Waals surface area (Å²) in [5.74, 6) is -30.7. The van der Waals surface area contributed by atoms with Crippen molar-refractivity contribution in [3.8, 4) is 138 Å². The third kappa shape index (κ3) is 27.2. The summed E-state index contributed by atoms with van der Waals surface area (Å²) in [6, 6.07) is 12.5. The van der Waals surface area contributed by atoms with Gasteiger partial charge in [-0.15, -0.1) is 0 Å². The molecular formula is C56H40AlLaMgO40. The number of hydrogen-bond acceptors (Lipinski definition) is 32. The fourth-order valence-electron chi connectivity index (χ4n) is 5.78. The Balaban J connectivity index is -0.00000106. The molecule has 0 aliphatic carbocycles. The van der Waals surface area contributed by atoms with Gasteiger partial charge in [-0.1, -0.05) is 0 Å². The fourth-order valence-corrected chi connectivity index (χ4v) is 5.78. The quantitative estimate of drug-likeness (QED) is 0.0746. The number of benzene rings is 8. The van der Waals surface area contributed by atoms with Crippen LogP contribution >= 0.6 is 0 Å². The molecule has 0 bridgehead atoms. The van der Waals surface area contributed by atoms with Crippen LogP contribution in [0.1, 0.15) is 82.9 Å². The van der Waals surface area contributed by atoms with Gasteiger partial charge in [0, 0.05) is 0 Å². The zero-order chi connectivity index (χ0) is 74.4. The van der Waals surface area contributed by atoms with Crippen LogP contribution in [0.3, 0.4) is 0 Å². The maximum Gasteiger partial charge on any atom is 3.00 e. The molecule has 8 aromatic carbocycles. The predicted octanol–water partition coefficient (Wildman–Crippen LogP) is -1.80. The van der Waals surface area contributed by atoms with Crippen molar-refractivity contribution in [2.24, 2.45) is 0 Å². The molecule has 8 rings (SSSR count). The molecule has 0 saturated carbocycles. The number of aromatic hydroxyl groups is 16. The molecule has 512 valence electrons. The van der Waals surface area contributed by atoms with Crippen LogP contribution in [-0.2, 0) is 0 Å². The SMILES string of the molecule is O=C(O)c1cc(O)c([O-])c(O)c1.O=C(O)c1cc(O)c([O-])c(O)c1.O=C(O)c1cc(O)c([O-])c(O)c1.O=C(O)c1cc(O)c([O-])c(O)c1.O=C(O)c1cc(O)c([O-])c(O)c1.O=C(O)c1cc(O)c([O-])c(O)c1.O=C(O)c1cc(O)c([O-])c(O)c1.O=C(O)c1cc(O)c([O-])c(O)c1.[Al+3].[La+3].[Mg+2]. The second kappa shape index (κ2) is 39.8. The van der Waals surface area contributed by atoms with Crippen LogP contribution < -0.4 is 40.9 Å². The molecule has 0 heterocycles. The fraction of sp³-hybridized carbons (Fsp3) is 0. The van der Waals surface area contributed by atoms with Gasteiger partial charge >= 0.3 is 124 Å². The Kier molecular flexibility index (Phi) is 36.4. The molecular weight excluding hydrogens is 1500 g/mol. The van der Waals surface area contributed by atoms with Crippen molar-refractivity contribution in [3.05, 3.63) is 142 Å². The van der Waals surface area contributed by atoms with Crippen molar-refractivity contribution in [1.82, 2.24) is 0 Å². The summed E-state index contributed by atoms with van der Waals surface area (Å²) in [7, 11) is 0. The number of carboxylic acids is 8. The zero-order valence-corrected chi connectivity index (χ0v) is 54.6. The Morgan fingerprint density at radius 3 is 0.273 bits per heavy atom. The van der Waals surface area contributed by atoms with Crippen molar-refractivity contribution < 1.29 is 237 Å². The van der Waals surface area contributed by atoms with Gasteiger partial charge in [-0.05, 0) is 143 Å². The average molecular weight is 1540 g/mol. The summed E-state index contributed by atoms with van der Waals surface area (Å²) in [6.45, 7) is 0. The van der Waals surface area contributed by atoms with Crippen LogP contribution in [0, 0.1) is 35.6 Å². The predicted molar refractivity (Wildman–Crippen MR) is 301 cm³/mol. The number of hydrogen-bond donors (Lipinski definition) is 24. The second-order valence-corrected chi connectivity index (χ2v) is 17.2. The minimum atomic E-state index is -1.32. The van der Waals surface area contributed by atoms with Crippen molar-refractivity contribution in [3.63, 3.8) is 0 Å². The number of phenolic OH excluding ortho intramolecular Hbond substituents is 16. The van der Waals surface area contributed by atoms with E-state index in [0.29, 0.717) is 0 Å². The Morgan fingerprint density at radius 2 is 0.232 bits per heavy atom. The molecule has 0 fully saturated rings. The van der Waals surface area contributed by atoms with Crippen molar-refractivity contribution in [2.45, 2.75) is 0 Å². The van der Waals surface area contributed by atoms with E-state index in [1.807, 2.05) is 0 Å². The zero-order valence-electron chi connectivity index (χ0n) is 48.4. The summed E-state index contributed by atoms with van der Waals surface area (Å²) in [5.41, 5.74) is -2.63. The van der Waals surface area contributed by atoms with Gasteiger partial charge in [0.05, 0.1) is 44.5 Å². The van der Waals surface area contributed by atoms with Gasteiger partial charge in [0.15, 0.2) is 0 Å². The van der Waals surface area contributed by atoms with Gasteiger partial charge in [0.2, 0.25) is 0 Å². The first-order valence-electron chi connectivity index (χ1n) is 23.9. The first-order chi connectivity index (χ1) is 44.2. The molecule has 0 unspecified atom stereocenters. The van der Waals surface area contributed by atoms with Crippen molar-refractivity contribution in [2.75, 3.05) is 0 Å². The molecule has 99 heavy (non-hydrogen) atoms. The van der Waals surface area contributed by atoms with Gasteiger partial charge in [-0.3, -0.25) is 0 Å². The summed E-state index contributed by atoms with van der Waals surface area (Å²) in [6.07, 6.45) is 0. The first kappa shape index (κ1) is 90.4. The minimum absolute atomic E-state index is 0. The van der Waals surface area contributed by atoms with E-state index in [2.05, 4.69) is 0 Å². The molecule has 0 atom stereocenters. The van der Waals surface area contributed by atoms with E-state index < -0.39 is 186 Å². The number of phenols is 16. The smallest absolute Gasteiger partial charge is 0.867 e. The second-order valence-electron chi connectivity index (χ2n) is 17.2. The van der Waals surface area contributed by atoms with Crippen LogP contribution in [0.15, 0.2) is 97.1 Å². The molecule has 43 heteroatoms. The average Bonchev–Trinajstić information content (AvgIpc) is 0.989. The normalized spacial score (nSPS) is 9.37. The van der Waals surface area contributed by atoms with Crippen LogP contribution in [0.2, 0.25) is 0 Å². The van der Waals surface area contributed by atoms with E-state index in [1.54, 1.807) is 0 Å². The number of carboxylic acid groups (broad SMARTS) is 8. The van der Waals surface area contributed by atoms with Gasteiger partial charge in [-0.25, -0.2) is 38.4 Å². The largest absolute Gasteiger partial charge is 3.00 e. The molecule has 0 aliphatic heterocycles. The van der Waals surface area contributed by atoms with E-state index in [-0.39, 0.29) is 121 Å². The van der Waals surface area contributed by atoms with Crippen LogP contribution in [0.5, 0.6) is 138 Å². The van der Waals surface area contributed by atoms with Crippen molar-refractivity contribution >= 4 is 88.2 Å². The third-order valence-corrected chi connectivity index (χ3v) is 10.4. The third-order valence-electron chi connectivity index (χ3n) is 10.4. The number of rotatable bonds is 8. The summed E-state index contributed by atoms with van der Waals surface area (Å²) in [4.78, 5) is 82.3. The molecule has 0 aromatic heterocycles. The Bertz CT molecular complexity index is 3290. The van der Waals surface area contributed by atoms with Gasteiger partial charge in [0.1, 0.15) is 92.0 Å². The van der Waals surface area contributed by atoms with Crippen molar-refractivity contribution in [1.29, 1.82) is 0 Å². The maximum absolute atomic E-state index is 10.7. The first-order valence-corrected chi connectivity index (χ1v) is 23.9. The Morgan fingerprint density at radius 1 is 0.182 bits per heavy atom. The Labute approximate surface area is 601 Å². The van der Waals surface area contributed by atoms with Gasteiger partial charge in [0.25, 0.3) is 0 Å². The maximum atomic E-state index is 10.7. The van der Waals surface area contributed by atoms with Crippen LogP contribution in [-0.4, -0.2) is 211 Å². The molecule has 0 aliphatic rings. The topological polar surface area (TPSA) is 807 Å². The number of carbonyl (C=O) groups is 8. The summed E-state index contributed by atoms with van der Waals surface area (Å²) < 4.78 is 0. The van der Waals surface area contributed by atoms with E-state index >= 15 is 0 Å². The van der Waals surface area contributed by atoms with E-state index in [9.17, 15) is 79.2 Å². The minimum Gasteiger partial charge on any atom is -0.867 e. The van der Waals surface area contributed by atoms with Gasteiger partial charge in [-0.2, -0.15) is 0 Å². The van der Waals surface area contributed by atoms with Crippen LogP contribution in [0.25, 0.3) is 0 Å². The molecule has 8 aromatic rings. The number of aromatic carboxylic acids is 8. The molecule has 0 saturated heterocycles. The standard InChI is InChI=1S/8C7H6O5.Al.La.Mg/c8*8-4-1-3(7(11)12)2-5(9)6(4)10;;;/h8*1-2,8-10H,(H,11,12);;;/q;;;;;;;;2*+3;+2/p-8. The molecule has 0 spiro atoms.